The van der Waals surface area contributed by atoms with Crippen LogP contribution in [0.25, 0.3) is 0 Å². The number of carbonyl (C=O) groups excluding carboxylic acids is 1. The fraction of sp³-hybridized carbons (Fsp3) is 0.533. The molecule has 3 nitrogen and oxygen atoms in total. The van der Waals surface area contributed by atoms with Gasteiger partial charge in [0.2, 0.25) is 5.91 Å². The largest absolute Gasteiger partial charge is 0.325 e. The van der Waals surface area contributed by atoms with Gasteiger partial charge in [-0.3, -0.25) is 4.79 Å². The van der Waals surface area contributed by atoms with E-state index in [1.165, 1.54) is 5.56 Å². The molecule has 0 fully saturated rings. The summed E-state index contributed by atoms with van der Waals surface area (Å²) >= 11 is 0. The van der Waals surface area contributed by atoms with Gasteiger partial charge in [0, 0.05) is 5.69 Å². The van der Waals surface area contributed by atoms with Crippen molar-refractivity contribution in [2.45, 2.75) is 33.6 Å². The number of rotatable bonds is 6. The first-order valence-corrected chi connectivity index (χ1v) is 6.60. The van der Waals surface area contributed by atoms with Gasteiger partial charge in [0.25, 0.3) is 0 Å². The normalized spacial score (nSPS) is 11.0. The van der Waals surface area contributed by atoms with Crippen LogP contribution in [0.5, 0.6) is 0 Å². The number of hydrogen-bond donors (Lipinski definition) is 2. The maximum absolute atomic E-state index is 11.8. The van der Waals surface area contributed by atoms with Crippen LogP contribution in [0.15, 0.2) is 24.3 Å². The zero-order valence-electron chi connectivity index (χ0n) is 11.8. The summed E-state index contributed by atoms with van der Waals surface area (Å²) in [7, 11) is 0. The molecule has 0 saturated carbocycles. The molecule has 1 rings (SSSR count). The van der Waals surface area contributed by atoms with E-state index in [1.807, 2.05) is 18.2 Å². The lowest BCUT2D eigenvalue weighted by molar-refractivity contribution is -0.115. The molecule has 3 heteroatoms. The van der Waals surface area contributed by atoms with E-state index in [0.29, 0.717) is 18.4 Å². The highest BCUT2D eigenvalue weighted by Crippen LogP contribution is 2.23. The molecule has 0 aliphatic rings. The van der Waals surface area contributed by atoms with Crippen molar-refractivity contribution in [2.24, 2.45) is 5.92 Å². The van der Waals surface area contributed by atoms with Crippen LogP contribution >= 0.6 is 0 Å². The van der Waals surface area contributed by atoms with Crippen LogP contribution in [0, 0.1) is 5.92 Å². The molecule has 1 aromatic carbocycles. The van der Waals surface area contributed by atoms with Crippen LogP contribution in [-0.4, -0.2) is 19.0 Å². The number of amides is 1. The summed E-state index contributed by atoms with van der Waals surface area (Å²) < 4.78 is 0. The van der Waals surface area contributed by atoms with E-state index >= 15 is 0 Å². The topological polar surface area (TPSA) is 41.1 Å². The summed E-state index contributed by atoms with van der Waals surface area (Å²) in [5.41, 5.74) is 2.10. The summed E-state index contributed by atoms with van der Waals surface area (Å²) in [4.78, 5) is 11.8. The van der Waals surface area contributed by atoms with Gasteiger partial charge in [-0.15, -0.1) is 0 Å². The molecule has 100 valence electrons. The number of carbonyl (C=O) groups is 1. The molecule has 0 aromatic heterocycles. The summed E-state index contributed by atoms with van der Waals surface area (Å²) in [5, 5.41) is 6.11. The SMILES string of the molecule is CC(C)CNCC(=O)Nc1ccccc1C(C)C. The van der Waals surface area contributed by atoms with E-state index in [0.717, 1.165) is 12.2 Å². The Morgan fingerprint density at radius 1 is 1.17 bits per heavy atom. The lowest BCUT2D eigenvalue weighted by atomic mass is 10.0. The van der Waals surface area contributed by atoms with Crippen LogP contribution in [0.1, 0.15) is 39.2 Å². The standard InChI is InChI=1S/C15H24N2O/c1-11(2)9-16-10-15(18)17-14-8-6-5-7-13(14)12(3)4/h5-8,11-12,16H,9-10H2,1-4H3,(H,17,18). The second kappa shape index (κ2) is 7.17. The third-order valence-electron chi connectivity index (χ3n) is 2.70. The van der Waals surface area contributed by atoms with Gasteiger partial charge in [-0.1, -0.05) is 45.9 Å². The molecule has 1 amide bonds. The van der Waals surface area contributed by atoms with Gasteiger partial charge in [-0.05, 0) is 30.0 Å². The molecule has 0 atom stereocenters. The molecule has 1 aromatic rings. The Morgan fingerprint density at radius 3 is 2.44 bits per heavy atom. The van der Waals surface area contributed by atoms with E-state index in [-0.39, 0.29) is 5.91 Å². The predicted octanol–water partition coefficient (Wildman–Crippen LogP) is 2.99. The Balaban J connectivity index is 2.54. The van der Waals surface area contributed by atoms with Crippen LogP contribution in [0.2, 0.25) is 0 Å². The van der Waals surface area contributed by atoms with Crippen molar-refractivity contribution in [3.8, 4) is 0 Å². The third-order valence-corrected chi connectivity index (χ3v) is 2.70. The fourth-order valence-electron chi connectivity index (χ4n) is 1.78. The van der Waals surface area contributed by atoms with E-state index in [4.69, 9.17) is 0 Å². The first kappa shape index (κ1) is 14.7. The van der Waals surface area contributed by atoms with E-state index in [1.54, 1.807) is 0 Å². The van der Waals surface area contributed by atoms with E-state index in [9.17, 15) is 4.79 Å². The van der Waals surface area contributed by atoms with Crippen LogP contribution in [-0.2, 0) is 4.79 Å². The van der Waals surface area contributed by atoms with Crippen LogP contribution < -0.4 is 10.6 Å². The van der Waals surface area contributed by atoms with Gasteiger partial charge in [0.15, 0.2) is 0 Å². The van der Waals surface area contributed by atoms with Crippen molar-refractivity contribution < 1.29 is 4.79 Å². The quantitative estimate of drug-likeness (QED) is 0.812. The van der Waals surface area contributed by atoms with Crippen molar-refractivity contribution >= 4 is 11.6 Å². The maximum Gasteiger partial charge on any atom is 0.238 e. The highest BCUT2D eigenvalue weighted by molar-refractivity contribution is 5.93. The molecule has 0 unspecified atom stereocenters. The van der Waals surface area contributed by atoms with Gasteiger partial charge < -0.3 is 10.6 Å². The molecule has 0 saturated heterocycles. The number of benzene rings is 1. The highest BCUT2D eigenvalue weighted by Gasteiger charge is 2.08. The molecule has 0 bridgehead atoms. The number of hydrogen-bond acceptors (Lipinski definition) is 2. The predicted molar refractivity (Wildman–Crippen MR) is 76.9 cm³/mol. The molecular formula is C15H24N2O. The van der Waals surface area contributed by atoms with Crippen LogP contribution in [0.4, 0.5) is 5.69 Å². The van der Waals surface area contributed by atoms with Crippen molar-refractivity contribution in [1.82, 2.24) is 5.32 Å². The Morgan fingerprint density at radius 2 is 1.83 bits per heavy atom. The zero-order chi connectivity index (χ0) is 13.5. The third kappa shape index (κ3) is 4.88. The lowest BCUT2D eigenvalue weighted by Gasteiger charge is -2.14. The zero-order valence-corrected chi connectivity index (χ0v) is 11.8. The molecule has 18 heavy (non-hydrogen) atoms. The lowest BCUT2D eigenvalue weighted by Crippen LogP contribution is -2.30. The number of para-hydroxylation sites is 1. The number of anilines is 1. The Labute approximate surface area is 110 Å². The first-order valence-electron chi connectivity index (χ1n) is 6.60. The van der Waals surface area contributed by atoms with Gasteiger partial charge in [-0.2, -0.15) is 0 Å². The van der Waals surface area contributed by atoms with Gasteiger partial charge in [-0.25, -0.2) is 0 Å². The smallest absolute Gasteiger partial charge is 0.238 e. The minimum atomic E-state index is 0.0174. The Kier molecular flexibility index (Phi) is 5.86. The van der Waals surface area contributed by atoms with Crippen molar-refractivity contribution in [3.05, 3.63) is 29.8 Å². The highest BCUT2D eigenvalue weighted by atomic mass is 16.1. The average Bonchev–Trinajstić information content (AvgIpc) is 2.28. The summed E-state index contributed by atoms with van der Waals surface area (Å²) in [6.45, 7) is 9.73. The van der Waals surface area contributed by atoms with Crippen molar-refractivity contribution in [2.75, 3.05) is 18.4 Å². The minimum absolute atomic E-state index is 0.0174. The van der Waals surface area contributed by atoms with Crippen LogP contribution in [0.3, 0.4) is 0 Å². The fourth-order valence-corrected chi connectivity index (χ4v) is 1.78. The summed E-state index contributed by atoms with van der Waals surface area (Å²) in [6, 6.07) is 7.96. The minimum Gasteiger partial charge on any atom is -0.325 e. The molecule has 0 aliphatic heterocycles. The average molecular weight is 248 g/mol. The number of nitrogens with one attached hydrogen (secondary N) is 2. The van der Waals surface area contributed by atoms with E-state index in [2.05, 4.69) is 44.4 Å². The van der Waals surface area contributed by atoms with Gasteiger partial charge in [0.05, 0.1) is 6.54 Å². The van der Waals surface area contributed by atoms with Crippen molar-refractivity contribution in [1.29, 1.82) is 0 Å². The van der Waals surface area contributed by atoms with Gasteiger partial charge >= 0.3 is 0 Å². The van der Waals surface area contributed by atoms with Gasteiger partial charge in [0.1, 0.15) is 0 Å². The molecule has 2 N–H and O–H groups in total. The monoisotopic (exact) mass is 248 g/mol. The van der Waals surface area contributed by atoms with E-state index < -0.39 is 0 Å². The maximum atomic E-state index is 11.8. The molecule has 0 radical (unpaired) electrons. The molecule has 0 spiro atoms. The first-order chi connectivity index (χ1) is 8.50. The summed E-state index contributed by atoms with van der Waals surface area (Å²) in [5.74, 6) is 0.981. The summed E-state index contributed by atoms with van der Waals surface area (Å²) in [6.07, 6.45) is 0. The second-order valence-corrected chi connectivity index (χ2v) is 5.31. The molecule has 0 aliphatic carbocycles. The Hall–Kier alpha value is -1.35. The molecule has 0 heterocycles. The van der Waals surface area contributed by atoms with Crippen molar-refractivity contribution in [3.63, 3.8) is 0 Å². The second-order valence-electron chi connectivity index (χ2n) is 5.31. The Bertz CT molecular complexity index is 386. The molecular weight excluding hydrogens is 224 g/mol.